The molecule has 0 saturated carbocycles. The molecule has 3 heteroatoms. The van der Waals surface area contributed by atoms with Crippen LogP contribution in [0, 0.1) is 13.8 Å². The number of aliphatic hydroxyl groups is 1. The number of aryl methyl sites for hydroxylation is 2. The Bertz CT molecular complexity index is 747. The molecule has 1 unspecified atom stereocenters. The Hall–Kier alpha value is -2.39. The molecule has 1 atom stereocenters. The van der Waals surface area contributed by atoms with E-state index in [2.05, 4.69) is 5.10 Å². The lowest BCUT2D eigenvalue weighted by Gasteiger charge is -2.12. The van der Waals surface area contributed by atoms with Gasteiger partial charge in [0, 0.05) is 6.20 Å². The largest absolute Gasteiger partial charge is 0.382 e. The molecular formula is C18H18N2O. The maximum absolute atomic E-state index is 10.6. The van der Waals surface area contributed by atoms with Gasteiger partial charge in [0.25, 0.3) is 0 Å². The fraction of sp³-hybridized carbons (Fsp3) is 0.167. The molecular weight excluding hydrogens is 260 g/mol. The lowest BCUT2D eigenvalue weighted by molar-refractivity contribution is 0.214. The van der Waals surface area contributed by atoms with E-state index >= 15 is 0 Å². The smallest absolute Gasteiger partial charge is 0.123 e. The Labute approximate surface area is 124 Å². The van der Waals surface area contributed by atoms with E-state index in [1.165, 1.54) is 0 Å². The van der Waals surface area contributed by atoms with E-state index in [0.717, 1.165) is 22.4 Å². The molecule has 0 radical (unpaired) electrons. The van der Waals surface area contributed by atoms with Crippen molar-refractivity contribution in [2.24, 2.45) is 0 Å². The van der Waals surface area contributed by atoms with E-state index in [9.17, 15) is 5.11 Å². The van der Waals surface area contributed by atoms with Crippen molar-refractivity contribution >= 4 is 0 Å². The Morgan fingerprint density at radius 3 is 2.52 bits per heavy atom. The van der Waals surface area contributed by atoms with Gasteiger partial charge < -0.3 is 5.11 Å². The van der Waals surface area contributed by atoms with Crippen molar-refractivity contribution in [2.75, 3.05) is 0 Å². The first kappa shape index (κ1) is 13.6. The molecule has 0 saturated heterocycles. The molecule has 3 nitrogen and oxygen atoms in total. The molecule has 0 aliphatic heterocycles. The molecule has 0 fully saturated rings. The van der Waals surface area contributed by atoms with Gasteiger partial charge in [-0.1, -0.05) is 42.0 Å². The summed E-state index contributed by atoms with van der Waals surface area (Å²) in [7, 11) is 0. The highest BCUT2D eigenvalue weighted by Crippen LogP contribution is 2.25. The molecule has 1 N–H and O–H groups in total. The molecule has 1 aromatic heterocycles. The molecule has 21 heavy (non-hydrogen) atoms. The minimum atomic E-state index is -0.699. The standard InChI is InChI=1S/C18H18N2O/c1-13-8-9-14(2)16(12-13)18(21)17-10-11-20(19-17)15-6-4-3-5-7-15/h3-12,18,21H,1-2H3. The summed E-state index contributed by atoms with van der Waals surface area (Å²) in [6.07, 6.45) is 1.17. The number of rotatable bonds is 3. The Morgan fingerprint density at radius 1 is 1.00 bits per heavy atom. The van der Waals surface area contributed by atoms with Crippen molar-refractivity contribution in [3.8, 4) is 5.69 Å². The van der Waals surface area contributed by atoms with E-state index in [1.54, 1.807) is 4.68 Å². The Balaban J connectivity index is 1.94. The maximum Gasteiger partial charge on any atom is 0.123 e. The van der Waals surface area contributed by atoms with Crippen LogP contribution in [-0.4, -0.2) is 14.9 Å². The maximum atomic E-state index is 10.6. The van der Waals surface area contributed by atoms with Crippen molar-refractivity contribution in [1.82, 2.24) is 9.78 Å². The van der Waals surface area contributed by atoms with Crippen molar-refractivity contribution in [3.05, 3.63) is 83.2 Å². The summed E-state index contributed by atoms with van der Waals surface area (Å²) in [5.74, 6) is 0. The molecule has 0 spiro atoms. The number of hydrogen-bond acceptors (Lipinski definition) is 2. The van der Waals surface area contributed by atoms with Crippen molar-refractivity contribution < 1.29 is 5.11 Å². The van der Waals surface area contributed by atoms with E-state index in [4.69, 9.17) is 0 Å². The van der Waals surface area contributed by atoms with Gasteiger partial charge in [-0.25, -0.2) is 4.68 Å². The lowest BCUT2D eigenvalue weighted by Crippen LogP contribution is -2.04. The van der Waals surface area contributed by atoms with Gasteiger partial charge in [-0.2, -0.15) is 5.10 Å². The second-order valence-corrected chi connectivity index (χ2v) is 5.28. The second-order valence-electron chi connectivity index (χ2n) is 5.28. The number of hydrogen-bond donors (Lipinski definition) is 1. The predicted octanol–water partition coefficient (Wildman–Crippen LogP) is 3.57. The van der Waals surface area contributed by atoms with Gasteiger partial charge in [-0.05, 0) is 43.2 Å². The highest BCUT2D eigenvalue weighted by atomic mass is 16.3. The minimum Gasteiger partial charge on any atom is -0.382 e. The average Bonchev–Trinajstić information content (AvgIpc) is 3.00. The summed E-state index contributed by atoms with van der Waals surface area (Å²) in [6.45, 7) is 4.03. The summed E-state index contributed by atoms with van der Waals surface area (Å²) in [6, 6.07) is 17.8. The molecule has 0 aliphatic carbocycles. The third kappa shape index (κ3) is 2.73. The highest BCUT2D eigenvalue weighted by molar-refractivity contribution is 5.37. The number of para-hydroxylation sites is 1. The first-order valence-electron chi connectivity index (χ1n) is 7.01. The van der Waals surface area contributed by atoms with Gasteiger partial charge in [0.05, 0.1) is 11.4 Å². The number of benzene rings is 2. The van der Waals surface area contributed by atoms with Crippen LogP contribution in [0.2, 0.25) is 0 Å². The van der Waals surface area contributed by atoms with Gasteiger partial charge in [0.15, 0.2) is 0 Å². The SMILES string of the molecule is Cc1ccc(C)c(C(O)c2ccn(-c3ccccc3)n2)c1. The van der Waals surface area contributed by atoms with Crippen LogP contribution in [0.5, 0.6) is 0 Å². The summed E-state index contributed by atoms with van der Waals surface area (Å²) >= 11 is 0. The fourth-order valence-electron chi connectivity index (χ4n) is 2.42. The number of aliphatic hydroxyl groups excluding tert-OH is 1. The first-order valence-corrected chi connectivity index (χ1v) is 7.01. The molecule has 0 bridgehead atoms. The van der Waals surface area contributed by atoms with Crippen molar-refractivity contribution in [2.45, 2.75) is 20.0 Å². The van der Waals surface area contributed by atoms with Crippen LogP contribution in [0.25, 0.3) is 5.69 Å². The molecule has 0 amide bonds. The lowest BCUT2D eigenvalue weighted by atomic mass is 9.99. The van der Waals surface area contributed by atoms with Crippen LogP contribution in [0.4, 0.5) is 0 Å². The summed E-state index contributed by atoms with van der Waals surface area (Å²) in [4.78, 5) is 0. The van der Waals surface area contributed by atoms with Gasteiger partial charge in [-0.3, -0.25) is 0 Å². The topological polar surface area (TPSA) is 38.0 Å². The molecule has 3 rings (SSSR count). The Morgan fingerprint density at radius 2 is 1.76 bits per heavy atom. The summed E-state index contributed by atoms with van der Waals surface area (Å²) < 4.78 is 1.78. The molecule has 2 aromatic carbocycles. The fourth-order valence-corrected chi connectivity index (χ4v) is 2.42. The Kier molecular flexibility index (Phi) is 3.59. The van der Waals surface area contributed by atoms with E-state index in [-0.39, 0.29) is 0 Å². The van der Waals surface area contributed by atoms with Crippen LogP contribution >= 0.6 is 0 Å². The minimum absolute atomic E-state index is 0.660. The van der Waals surface area contributed by atoms with Crippen LogP contribution in [0.15, 0.2) is 60.8 Å². The van der Waals surface area contributed by atoms with Crippen LogP contribution in [-0.2, 0) is 0 Å². The first-order chi connectivity index (χ1) is 10.1. The highest BCUT2D eigenvalue weighted by Gasteiger charge is 2.16. The summed E-state index contributed by atoms with van der Waals surface area (Å²) in [5, 5.41) is 15.1. The zero-order chi connectivity index (χ0) is 14.8. The molecule has 3 aromatic rings. The van der Waals surface area contributed by atoms with E-state index in [1.807, 2.05) is 74.6 Å². The third-order valence-corrected chi connectivity index (χ3v) is 3.64. The average molecular weight is 278 g/mol. The van der Waals surface area contributed by atoms with Gasteiger partial charge in [-0.15, -0.1) is 0 Å². The normalized spacial score (nSPS) is 12.3. The van der Waals surface area contributed by atoms with Gasteiger partial charge >= 0.3 is 0 Å². The number of aromatic nitrogens is 2. The monoisotopic (exact) mass is 278 g/mol. The zero-order valence-corrected chi connectivity index (χ0v) is 12.2. The van der Waals surface area contributed by atoms with Crippen molar-refractivity contribution in [1.29, 1.82) is 0 Å². The number of nitrogens with zero attached hydrogens (tertiary/aromatic N) is 2. The predicted molar refractivity (Wildman–Crippen MR) is 83.5 cm³/mol. The molecule has 1 heterocycles. The molecule has 106 valence electrons. The van der Waals surface area contributed by atoms with Crippen LogP contribution < -0.4 is 0 Å². The van der Waals surface area contributed by atoms with Crippen LogP contribution in [0.3, 0.4) is 0 Å². The molecule has 0 aliphatic rings. The van der Waals surface area contributed by atoms with E-state index < -0.39 is 6.10 Å². The zero-order valence-electron chi connectivity index (χ0n) is 12.2. The van der Waals surface area contributed by atoms with E-state index in [0.29, 0.717) is 5.69 Å². The quantitative estimate of drug-likeness (QED) is 0.795. The van der Waals surface area contributed by atoms with Crippen LogP contribution in [0.1, 0.15) is 28.5 Å². The van der Waals surface area contributed by atoms with Crippen molar-refractivity contribution in [3.63, 3.8) is 0 Å². The second kappa shape index (κ2) is 5.54. The van der Waals surface area contributed by atoms with Gasteiger partial charge in [0.1, 0.15) is 6.10 Å². The van der Waals surface area contributed by atoms with Gasteiger partial charge in [0.2, 0.25) is 0 Å². The third-order valence-electron chi connectivity index (χ3n) is 3.64. The summed E-state index contributed by atoms with van der Waals surface area (Å²) in [5.41, 5.74) is 4.76.